The zero-order chi connectivity index (χ0) is 13.3. The Morgan fingerprint density at radius 3 is 2.56 bits per heavy atom. The molecule has 0 spiro atoms. The molecule has 0 radical (unpaired) electrons. The number of nitrogens with one attached hydrogen (secondary N) is 1. The molecule has 2 rings (SSSR count). The largest absolute Gasteiger partial charge is 0.316 e. The minimum atomic E-state index is -0.179. The fraction of sp³-hybridized carbons (Fsp3) is 0.600. The molecule has 1 aromatic rings. The third-order valence-electron chi connectivity index (χ3n) is 4.87. The predicted octanol–water partition coefficient (Wildman–Crippen LogP) is 4.47. The number of hydrogen-bond donors (Lipinski definition) is 1. The van der Waals surface area contributed by atoms with Crippen molar-refractivity contribution >= 4 is 15.9 Å². The van der Waals surface area contributed by atoms with Crippen molar-refractivity contribution in [3.05, 3.63) is 34.1 Å². The van der Waals surface area contributed by atoms with Crippen LogP contribution in [-0.2, 0) is 0 Å². The summed E-state index contributed by atoms with van der Waals surface area (Å²) in [6.07, 6.45) is 3.47. The summed E-state index contributed by atoms with van der Waals surface area (Å²) in [5.41, 5.74) is 1.59. The highest BCUT2D eigenvalue weighted by Gasteiger charge is 2.52. The van der Waals surface area contributed by atoms with Crippen LogP contribution >= 0.6 is 15.9 Å². The lowest BCUT2D eigenvalue weighted by atomic mass is 9.52. The zero-order valence-electron chi connectivity index (χ0n) is 11.3. The van der Waals surface area contributed by atoms with Crippen LogP contribution in [0.25, 0.3) is 0 Å². The number of benzene rings is 1. The van der Waals surface area contributed by atoms with Gasteiger partial charge in [-0.15, -0.1) is 0 Å². The van der Waals surface area contributed by atoms with Crippen molar-refractivity contribution in [2.24, 2.45) is 5.41 Å². The molecule has 0 aromatic heterocycles. The van der Waals surface area contributed by atoms with Crippen LogP contribution < -0.4 is 5.32 Å². The highest BCUT2D eigenvalue weighted by Crippen LogP contribution is 2.57. The van der Waals surface area contributed by atoms with Gasteiger partial charge >= 0.3 is 0 Å². The van der Waals surface area contributed by atoms with Crippen molar-refractivity contribution in [1.82, 2.24) is 5.32 Å². The molecule has 1 aliphatic rings. The second-order valence-corrected chi connectivity index (χ2v) is 6.10. The SMILES string of the molecule is CCC1(CC)C(NC)CC1c1ccc(F)c(Br)c1. The smallest absolute Gasteiger partial charge is 0.137 e. The molecule has 1 saturated carbocycles. The summed E-state index contributed by atoms with van der Waals surface area (Å²) in [7, 11) is 2.04. The van der Waals surface area contributed by atoms with Gasteiger partial charge < -0.3 is 5.32 Å². The zero-order valence-corrected chi connectivity index (χ0v) is 12.8. The minimum Gasteiger partial charge on any atom is -0.316 e. The number of hydrogen-bond acceptors (Lipinski definition) is 1. The van der Waals surface area contributed by atoms with E-state index in [1.54, 1.807) is 6.07 Å². The first kappa shape index (κ1) is 14.0. The molecular weight excluding hydrogens is 293 g/mol. The summed E-state index contributed by atoms with van der Waals surface area (Å²) in [6.45, 7) is 4.52. The molecule has 1 nitrogen and oxygen atoms in total. The highest BCUT2D eigenvalue weighted by atomic mass is 79.9. The van der Waals surface area contributed by atoms with Gasteiger partial charge in [0.1, 0.15) is 5.82 Å². The van der Waals surface area contributed by atoms with E-state index < -0.39 is 0 Å². The van der Waals surface area contributed by atoms with Crippen LogP contribution in [0.1, 0.15) is 44.6 Å². The fourth-order valence-corrected chi connectivity index (χ4v) is 4.02. The molecule has 1 N–H and O–H groups in total. The molecule has 2 atom stereocenters. The first-order valence-corrected chi connectivity index (χ1v) is 7.50. The lowest BCUT2D eigenvalue weighted by Crippen LogP contribution is -2.57. The van der Waals surface area contributed by atoms with Gasteiger partial charge in [0, 0.05) is 6.04 Å². The highest BCUT2D eigenvalue weighted by molar-refractivity contribution is 9.10. The van der Waals surface area contributed by atoms with Crippen LogP contribution in [0.4, 0.5) is 4.39 Å². The lowest BCUT2D eigenvalue weighted by molar-refractivity contribution is 0.0245. The molecule has 100 valence electrons. The van der Waals surface area contributed by atoms with E-state index in [4.69, 9.17) is 0 Å². The summed E-state index contributed by atoms with van der Waals surface area (Å²) in [5.74, 6) is 0.365. The van der Waals surface area contributed by atoms with E-state index in [-0.39, 0.29) is 5.82 Å². The molecule has 1 aliphatic carbocycles. The fourth-order valence-electron chi connectivity index (χ4n) is 3.63. The van der Waals surface area contributed by atoms with Crippen molar-refractivity contribution in [2.75, 3.05) is 7.05 Å². The monoisotopic (exact) mass is 313 g/mol. The topological polar surface area (TPSA) is 12.0 Å². The molecular formula is C15H21BrFN. The molecule has 0 aliphatic heterocycles. The Kier molecular flexibility index (Phi) is 4.12. The normalized spacial score (nSPS) is 25.8. The summed E-state index contributed by atoms with van der Waals surface area (Å²) in [4.78, 5) is 0. The number of halogens is 2. The lowest BCUT2D eigenvalue weighted by Gasteiger charge is -2.56. The quantitative estimate of drug-likeness (QED) is 0.864. The van der Waals surface area contributed by atoms with E-state index in [0.29, 0.717) is 21.8 Å². The molecule has 0 heterocycles. The van der Waals surface area contributed by atoms with Gasteiger partial charge in [-0.2, -0.15) is 0 Å². The Hall–Kier alpha value is -0.410. The van der Waals surface area contributed by atoms with E-state index in [1.807, 2.05) is 19.2 Å². The summed E-state index contributed by atoms with van der Waals surface area (Å²) in [5, 5.41) is 3.43. The van der Waals surface area contributed by atoms with Crippen molar-refractivity contribution in [1.29, 1.82) is 0 Å². The Labute approximate surface area is 117 Å². The Bertz CT molecular complexity index is 429. The van der Waals surface area contributed by atoms with E-state index in [0.717, 1.165) is 19.3 Å². The van der Waals surface area contributed by atoms with Gasteiger partial charge in [0.15, 0.2) is 0 Å². The van der Waals surface area contributed by atoms with E-state index in [2.05, 4.69) is 35.1 Å². The van der Waals surface area contributed by atoms with E-state index in [1.165, 1.54) is 5.56 Å². The van der Waals surface area contributed by atoms with Gasteiger partial charge in [-0.25, -0.2) is 4.39 Å². The van der Waals surface area contributed by atoms with Crippen molar-refractivity contribution in [3.8, 4) is 0 Å². The summed E-state index contributed by atoms with van der Waals surface area (Å²) < 4.78 is 13.9. The molecule has 1 aromatic carbocycles. The van der Waals surface area contributed by atoms with Crippen LogP contribution in [0.15, 0.2) is 22.7 Å². The van der Waals surface area contributed by atoms with Gasteiger partial charge in [-0.1, -0.05) is 19.9 Å². The Morgan fingerprint density at radius 2 is 2.06 bits per heavy atom. The van der Waals surface area contributed by atoms with Crippen LogP contribution in [0.3, 0.4) is 0 Å². The molecule has 1 fully saturated rings. The van der Waals surface area contributed by atoms with Gasteiger partial charge in [-0.3, -0.25) is 0 Å². The third kappa shape index (κ3) is 2.01. The average molecular weight is 314 g/mol. The molecule has 0 amide bonds. The number of rotatable bonds is 4. The second-order valence-electron chi connectivity index (χ2n) is 5.24. The van der Waals surface area contributed by atoms with Crippen LogP contribution in [0.2, 0.25) is 0 Å². The van der Waals surface area contributed by atoms with E-state index in [9.17, 15) is 4.39 Å². The second kappa shape index (κ2) is 5.30. The van der Waals surface area contributed by atoms with Crippen molar-refractivity contribution in [2.45, 2.75) is 45.1 Å². The molecule has 18 heavy (non-hydrogen) atoms. The maximum absolute atomic E-state index is 13.3. The van der Waals surface area contributed by atoms with E-state index >= 15 is 0 Å². The average Bonchev–Trinajstić information content (AvgIpc) is 2.35. The minimum absolute atomic E-state index is 0.179. The van der Waals surface area contributed by atoms with Gasteiger partial charge in [0.05, 0.1) is 4.47 Å². The van der Waals surface area contributed by atoms with Crippen molar-refractivity contribution in [3.63, 3.8) is 0 Å². The third-order valence-corrected chi connectivity index (χ3v) is 5.48. The molecule has 3 heteroatoms. The standard InChI is InChI=1S/C15H21BrFN/c1-4-15(5-2)11(9-14(15)18-3)10-6-7-13(17)12(16)8-10/h6-8,11,14,18H,4-5,9H2,1-3H3. The molecule has 0 bridgehead atoms. The van der Waals surface area contributed by atoms with Crippen LogP contribution in [-0.4, -0.2) is 13.1 Å². The Morgan fingerprint density at radius 1 is 1.39 bits per heavy atom. The first-order valence-electron chi connectivity index (χ1n) is 6.71. The van der Waals surface area contributed by atoms with Gasteiger partial charge in [-0.05, 0) is 71.3 Å². The van der Waals surface area contributed by atoms with Gasteiger partial charge in [0.25, 0.3) is 0 Å². The summed E-state index contributed by atoms with van der Waals surface area (Å²) >= 11 is 3.29. The Balaban J connectivity index is 2.31. The van der Waals surface area contributed by atoms with Crippen LogP contribution in [0.5, 0.6) is 0 Å². The predicted molar refractivity (Wildman–Crippen MR) is 77.3 cm³/mol. The maximum atomic E-state index is 13.3. The summed E-state index contributed by atoms with van der Waals surface area (Å²) in [6, 6.07) is 6.05. The maximum Gasteiger partial charge on any atom is 0.137 e. The van der Waals surface area contributed by atoms with Crippen molar-refractivity contribution < 1.29 is 4.39 Å². The first-order chi connectivity index (χ1) is 8.58. The molecule has 0 saturated heterocycles. The van der Waals surface area contributed by atoms with Gasteiger partial charge in [0.2, 0.25) is 0 Å². The van der Waals surface area contributed by atoms with Crippen LogP contribution in [0, 0.1) is 11.2 Å². The molecule has 2 unspecified atom stereocenters.